The molecule has 0 aliphatic rings. The van der Waals surface area contributed by atoms with Gasteiger partial charge in [0.25, 0.3) is 0 Å². The molecule has 5 heteroatoms. The molecule has 19 heavy (non-hydrogen) atoms. The fourth-order valence-electron chi connectivity index (χ4n) is 1.55. The molecule has 0 atom stereocenters. The average Bonchev–Trinajstić information content (AvgIpc) is 2.34. The number of hydrogen-bond donors (Lipinski definition) is 2. The van der Waals surface area contributed by atoms with Crippen LogP contribution in [-0.4, -0.2) is 11.0 Å². The number of rotatable bonds is 2. The summed E-state index contributed by atoms with van der Waals surface area (Å²) in [6.07, 6.45) is 1.65. The summed E-state index contributed by atoms with van der Waals surface area (Å²) < 4.78 is 0. The molecule has 4 nitrogen and oxygen atoms in total. The monoisotopic (exact) mass is 275 g/mol. The van der Waals surface area contributed by atoms with E-state index in [0.29, 0.717) is 16.5 Å². The molecule has 2 aromatic rings. The molecule has 0 radical (unpaired) electrons. The minimum Gasteiger partial charge on any atom is -0.308 e. The van der Waals surface area contributed by atoms with Crippen LogP contribution in [0.2, 0.25) is 5.02 Å². The molecule has 98 valence electrons. The highest BCUT2D eigenvalue weighted by Crippen LogP contribution is 2.20. The number of aryl methyl sites for hydroxylation is 2. The molecule has 0 spiro atoms. The minimum absolute atomic E-state index is 0.349. The van der Waals surface area contributed by atoms with Crippen molar-refractivity contribution < 1.29 is 4.79 Å². The van der Waals surface area contributed by atoms with E-state index in [0.717, 1.165) is 11.1 Å². The van der Waals surface area contributed by atoms with Gasteiger partial charge in [0.05, 0.1) is 0 Å². The summed E-state index contributed by atoms with van der Waals surface area (Å²) in [5, 5.41) is 5.98. The van der Waals surface area contributed by atoms with Crippen LogP contribution in [0, 0.1) is 13.8 Å². The van der Waals surface area contributed by atoms with Crippen molar-refractivity contribution in [3.05, 3.63) is 52.7 Å². The second-order valence-corrected chi connectivity index (χ2v) is 4.67. The first-order valence-electron chi connectivity index (χ1n) is 5.81. The minimum atomic E-state index is -0.349. The Bertz CT molecular complexity index is 613. The predicted octanol–water partition coefficient (Wildman–Crippen LogP) is 4.00. The van der Waals surface area contributed by atoms with E-state index >= 15 is 0 Å². The number of nitrogens with zero attached hydrogens (tertiary/aromatic N) is 1. The van der Waals surface area contributed by atoms with Crippen LogP contribution in [0.3, 0.4) is 0 Å². The van der Waals surface area contributed by atoms with Gasteiger partial charge in [-0.1, -0.05) is 17.7 Å². The van der Waals surface area contributed by atoms with Crippen LogP contribution >= 0.6 is 11.6 Å². The third kappa shape index (κ3) is 3.69. The largest absolute Gasteiger partial charge is 0.324 e. The summed E-state index contributed by atoms with van der Waals surface area (Å²) in [4.78, 5) is 15.8. The van der Waals surface area contributed by atoms with Gasteiger partial charge in [0.15, 0.2) is 0 Å². The van der Waals surface area contributed by atoms with Crippen LogP contribution in [0.1, 0.15) is 11.1 Å². The van der Waals surface area contributed by atoms with Gasteiger partial charge in [0.1, 0.15) is 5.82 Å². The van der Waals surface area contributed by atoms with Crippen molar-refractivity contribution >= 4 is 29.1 Å². The van der Waals surface area contributed by atoms with Crippen LogP contribution < -0.4 is 10.6 Å². The molecule has 0 unspecified atom stereocenters. The number of hydrogen-bond acceptors (Lipinski definition) is 2. The molecule has 0 aliphatic heterocycles. The summed E-state index contributed by atoms with van der Waals surface area (Å²) in [5.74, 6) is 0.510. The number of aromatic nitrogens is 1. The number of urea groups is 1. The zero-order valence-corrected chi connectivity index (χ0v) is 11.5. The highest BCUT2D eigenvalue weighted by atomic mass is 35.5. The van der Waals surface area contributed by atoms with Crippen molar-refractivity contribution in [3.63, 3.8) is 0 Å². The first-order valence-corrected chi connectivity index (χ1v) is 6.19. The van der Waals surface area contributed by atoms with Crippen molar-refractivity contribution in [3.8, 4) is 0 Å². The van der Waals surface area contributed by atoms with E-state index in [9.17, 15) is 4.79 Å². The van der Waals surface area contributed by atoms with Crippen LogP contribution in [0.4, 0.5) is 16.3 Å². The average molecular weight is 276 g/mol. The topological polar surface area (TPSA) is 54.0 Å². The zero-order valence-electron chi connectivity index (χ0n) is 10.7. The second-order valence-electron chi connectivity index (χ2n) is 4.26. The Morgan fingerprint density at radius 3 is 2.63 bits per heavy atom. The lowest BCUT2D eigenvalue weighted by Gasteiger charge is -2.08. The quantitative estimate of drug-likeness (QED) is 0.870. The third-order valence-corrected chi connectivity index (χ3v) is 2.99. The second kappa shape index (κ2) is 5.71. The predicted molar refractivity (Wildman–Crippen MR) is 77.8 cm³/mol. The van der Waals surface area contributed by atoms with E-state index in [1.807, 2.05) is 26.0 Å². The van der Waals surface area contributed by atoms with Crippen molar-refractivity contribution in [2.45, 2.75) is 13.8 Å². The van der Waals surface area contributed by atoms with Crippen LogP contribution in [-0.2, 0) is 0 Å². The molecule has 0 bridgehead atoms. The number of nitrogens with one attached hydrogen (secondary N) is 2. The maximum absolute atomic E-state index is 11.8. The Morgan fingerprint density at radius 1 is 1.16 bits per heavy atom. The van der Waals surface area contributed by atoms with Gasteiger partial charge in [-0.05, 0) is 49.2 Å². The van der Waals surface area contributed by atoms with E-state index in [4.69, 9.17) is 11.6 Å². The molecule has 1 aromatic carbocycles. The smallest absolute Gasteiger partial charge is 0.308 e. The number of carbonyl (C=O) groups is 1. The summed E-state index contributed by atoms with van der Waals surface area (Å²) in [6, 6.07) is 8.66. The van der Waals surface area contributed by atoms with Gasteiger partial charge in [-0.3, -0.25) is 5.32 Å². The van der Waals surface area contributed by atoms with Gasteiger partial charge in [-0.15, -0.1) is 0 Å². The van der Waals surface area contributed by atoms with Gasteiger partial charge in [0.2, 0.25) is 0 Å². The molecule has 2 amide bonds. The van der Waals surface area contributed by atoms with Crippen LogP contribution in [0.25, 0.3) is 0 Å². The SMILES string of the molecule is Cc1ccnc(NC(=O)Nc2ccc(C)c(Cl)c2)c1. The number of amides is 2. The van der Waals surface area contributed by atoms with Crippen molar-refractivity contribution in [2.75, 3.05) is 10.6 Å². The molecule has 0 fully saturated rings. The molecule has 0 saturated carbocycles. The fraction of sp³-hybridized carbons (Fsp3) is 0.143. The standard InChI is InChI=1S/C14H14ClN3O/c1-9-5-6-16-13(7-9)18-14(19)17-11-4-3-10(2)12(15)8-11/h3-8H,1-2H3,(H2,16,17,18,19). The third-order valence-electron chi connectivity index (χ3n) is 2.59. The molecule has 1 aromatic heterocycles. The molecule has 0 saturated heterocycles. The highest BCUT2D eigenvalue weighted by Gasteiger charge is 2.04. The Morgan fingerprint density at radius 2 is 1.95 bits per heavy atom. The lowest BCUT2D eigenvalue weighted by atomic mass is 10.2. The van der Waals surface area contributed by atoms with Gasteiger partial charge in [-0.2, -0.15) is 0 Å². The first-order chi connectivity index (χ1) is 9.04. The molecule has 2 N–H and O–H groups in total. The van der Waals surface area contributed by atoms with E-state index in [1.165, 1.54) is 0 Å². The van der Waals surface area contributed by atoms with Gasteiger partial charge < -0.3 is 5.32 Å². The summed E-state index contributed by atoms with van der Waals surface area (Å²) in [7, 11) is 0. The van der Waals surface area contributed by atoms with E-state index in [1.54, 1.807) is 24.4 Å². The number of pyridine rings is 1. The Kier molecular flexibility index (Phi) is 4.02. The maximum Gasteiger partial charge on any atom is 0.324 e. The molecule has 0 aliphatic carbocycles. The summed E-state index contributed by atoms with van der Waals surface area (Å²) >= 11 is 5.99. The lowest BCUT2D eigenvalue weighted by molar-refractivity contribution is 0.262. The van der Waals surface area contributed by atoms with Crippen LogP contribution in [0.15, 0.2) is 36.5 Å². The number of carbonyl (C=O) groups excluding carboxylic acids is 1. The van der Waals surface area contributed by atoms with E-state index in [2.05, 4.69) is 15.6 Å². The van der Waals surface area contributed by atoms with E-state index in [-0.39, 0.29) is 6.03 Å². The van der Waals surface area contributed by atoms with Gasteiger partial charge in [0, 0.05) is 16.9 Å². The van der Waals surface area contributed by atoms with Crippen molar-refractivity contribution in [1.82, 2.24) is 4.98 Å². The Balaban J connectivity index is 2.03. The summed E-state index contributed by atoms with van der Waals surface area (Å²) in [5.41, 5.74) is 2.64. The number of halogens is 1. The lowest BCUT2D eigenvalue weighted by Crippen LogP contribution is -2.20. The summed E-state index contributed by atoms with van der Waals surface area (Å²) in [6.45, 7) is 3.84. The zero-order chi connectivity index (χ0) is 13.8. The van der Waals surface area contributed by atoms with E-state index < -0.39 is 0 Å². The normalized spacial score (nSPS) is 10.1. The molecule has 2 rings (SSSR count). The Labute approximate surface area is 116 Å². The Hall–Kier alpha value is -2.07. The maximum atomic E-state index is 11.8. The van der Waals surface area contributed by atoms with Gasteiger partial charge in [-0.25, -0.2) is 9.78 Å². The number of anilines is 2. The molecular weight excluding hydrogens is 262 g/mol. The first kappa shape index (κ1) is 13.4. The van der Waals surface area contributed by atoms with Crippen molar-refractivity contribution in [2.24, 2.45) is 0 Å². The van der Waals surface area contributed by atoms with Gasteiger partial charge >= 0.3 is 6.03 Å². The van der Waals surface area contributed by atoms with Crippen LogP contribution in [0.5, 0.6) is 0 Å². The fourth-order valence-corrected chi connectivity index (χ4v) is 1.73. The highest BCUT2D eigenvalue weighted by molar-refractivity contribution is 6.31. The number of benzene rings is 1. The molecular formula is C14H14ClN3O. The van der Waals surface area contributed by atoms with Crippen molar-refractivity contribution in [1.29, 1.82) is 0 Å². The molecule has 1 heterocycles.